The number of aromatic hydroxyl groups is 1. The van der Waals surface area contributed by atoms with Crippen molar-refractivity contribution in [3.8, 4) is 5.75 Å². The van der Waals surface area contributed by atoms with Crippen LogP contribution in [0, 0.1) is 0 Å². The van der Waals surface area contributed by atoms with Gasteiger partial charge in [-0.1, -0.05) is 35.9 Å². The second-order valence-corrected chi connectivity index (χ2v) is 6.92. The van der Waals surface area contributed by atoms with Gasteiger partial charge in [-0.3, -0.25) is 4.79 Å². The molecule has 2 N–H and O–H groups in total. The first kappa shape index (κ1) is 20.6. The number of pyridine rings is 2. The molecule has 1 aliphatic heterocycles. The van der Waals surface area contributed by atoms with Crippen molar-refractivity contribution in [1.29, 1.82) is 0 Å². The van der Waals surface area contributed by atoms with Crippen molar-refractivity contribution >= 4 is 41.1 Å². The van der Waals surface area contributed by atoms with E-state index in [4.69, 9.17) is 11.6 Å². The number of aliphatic imine (C=N–C) groups is 1. The van der Waals surface area contributed by atoms with Crippen molar-refractivity contribution in [3.63, 3.8) is 0 Å². The van der Waals surface area contributed by atoms with E-state index in [1.807, 2.05) is 37.3 Å². The van der Waals surface area contributed by atoms with E-state index in [2.05, 4.69) is 15.8 Å². The van der Waals surface area contributed by atoms with Crippen molar-refractivity contribution in [2.24, 2.45) is 4.99 Å². The van der Waals surface area contributed by atoms with Gasteiger partial charge in [0.05, 0.1) is 23.0 Å². The lowest BCUT2D eigenvalue weighted by Crippen LogP contribution is -2.13. The Morgan fingerprint density at radius 3 is 2.97 bits per heavy atom. The molecule has 1 aliphatic rings. The average molecular weight is 410 g/mol. The van der Waals surface area contributed by atoms with E-state index in [9.17, 15) is 15.0 Å². The van der Waals surface area contributed by atoms with Crippen molar-refractivity contribution in [3.05, 3.63) is 74.8 Å². The topological polar surface area (TPSA) is 87.7 Å². The summed E-state index contributed by atoms with van der Waals surface area (Å²) in [5, 5.41) is 20.1. The van der Waals surface area contributed by atoms with E-state index in [0.29, 0.717) is 23.0 Å². The number of hydrogen-bond donors (Lipinski definition) is 2. The zero-order chi connectivity index (χ0) is 21.0. The van der Waals surface area contributed by atoms with Gasteiger partial charge in [0, 0.05) is 35.2 Å². The number of halogens is 1. The lowest BCUT2D eigenvalue weighted by Gasteiger charge is -2.15. The van der Waals surface area contributed by atoms with Gasteiger partial charge in [-0.15, -0.1) is 0 Å². The van der Waals surface area contributed by atoms with Crippen LogP contribution in [0.5, 0.6) is 5.75 Å². The van der Waals surface area contributed by atoms with Gasteiger partial charge in [0.2, 0.25) is 5.43 Å². The predicted octanol–water partition coefficient (Wildman–Crippen LogP) is 4.50. The van der Waals surface area contributed by atoms with E-state index in [1.165, 1.54) is 12.3 Å². The first-order valence-corrected chi connectivity index (χ1v) is 9.38. The molecule has 2 aromatic heterocycles. The van der Waals surface area contributed by atoms with Crippen LogP contribution in [0.3, 0.4) is 0 Å². The Hall–Kier alpha value is -3.18. The maximum atomic E-state index is 11.6. The van der Waals surface area contributed by atoms with Gasteiger partial charge in [-0.05, 0) is 32.2 Å². The SMILES string of the molecule is C/C(=C\C=C/CC=Cc1c(Cl)cnc2c1C=C=N2)n1cc(O)c(=O)cc1C(C)O. The number of rotatable bonds is 6. The van der Waals surface area contributed by atoms with Gasteiger partial charge in [0.1, 0.15) is 0 Å². The molecule has 0 saturated heterocycles. The minimum Gasteiger partial charge on any atom is -0.503 e. The molecule has 0 fully saturated rings. The molecule has 3 heterocycles. The van der Waals surface area contributed by atoms with Gasteiger partial charge in [0.25, 0.3) is 0 Å². The summed E-state index contributed by atoms with van der Waals surface area (Å²) in [5.74, 6) is 3.03. The highest BCUT2D eigenvalue weighted by Crippen LogP contribution is 2.30. The Labute approximate surface area is 173 Å². The van der Waals surface area contributed by atoms with E-state index in [-0.39, 0.29) is 5.75 Å². The van der Waals surface area contributed by atoms with Gasteiger partial charge in [-0.25, -0.2) is 4.98 Å². The van der Waals surface area contributed by atoms with Gasteiger partial charge < -0.3 is 14.8 Å². The standard InChI is InChI=1S/C22H20ClN3O3/c1-14(26-13-21(29)20(28)11-19(26)15(2)27)7-5-3-4-6-8-16-17-9-10-24-22(17)25-12-18(16)23/h3,5-9,11-13,15,27,29H,4H2,1-2H3/b5-3-,8-6?,14-7+. The second kappa shape index (κ2) is 8.88. The van der Waals surface area contributed by atoms with E-state index >= 15 is 0 Å². The molecule has 3 rings (SSSR count). The molecule has 0 spiro atoms. The molecule has 7 heteroatoms. The molecule has 0 saturated carbocycles. The Morgan fingerprint density at radius 1 is 1.41 bits per heavy atom. The molecule has 0 radical (unpaired) electrons. The van der Waals surface area contributed by atoms with E-state index < -0.39 is 11.5 Å². The summed E-state index contributed by atoms with van der Waals surface area (Å²) >= 11 is 6.23. The molecular formula is C22H20ClN3O3. The molecule has 1 unspecified atom stereocenters. The maximum Gasteiger partial charge on any atom is 0.223 e. The first-order valence-electron chi connectivity index (χ1n) is 9.00. The third kappa shape index (κ3) is 4.63. The van der Waals surface area contributed by atoms with Crippen LogP contribution in [0.2, 0.25) is 5.02 Å². The second-order valence-electron chi connectivity index (χ2n) is 6.51. The number of allylic oxidation sites excluding steroid dienone is 5. The average Bonchev–Trinajstić information content (AvgIpc) is 3.16. The fourth-order valence-corrected chi connectivity index (χ4v) is 3.07. The number of aliphatic hydroxyl groups excluding tert-OH is 1. The third-order valence-corrected chi connectivity index (χ3v) is 4.67. The van der Waals surface area contributed by atoms with Gasteiger partial charge in [-0.2, -0.15) is 4.99 Å². The molecule has 0 bridgehead atoms. The van der Waals surface area contributed by atoms with Crippen molar-refractivity contribution in [2.75, 3.05) is 0 Å². The fourth-order valence-electron chi connectivity index (χ4n) is 2.86. The maximum absolute atomic E-state index is 11.6. The Kier molecular flexibility index (Phi) is 6.29. The van der Waals surface area contributed by atoms with Crippen LogP contribution in [0.15, 0.2) is 52.6 Å². The van der Waals surface area contributed by atoms with Crippen LogP contribution in [0.4, 0.5) is 5.82 Å². The highest BCUT2D eigenvalue weighted by Gasteiger charge is 2.12. The molecule has 0 amide bonds. The fraction of sp³-hybridized carbons (Fsp3) is 0.182. The monoisotopic (exact) mass is 409 g/mol. The van der Waals surface area contributed by atoms with E-state index in [0.717, 1.165) is 16.8 Å². The quantitative estimate of drug-likeness (QED) is 0.586. The lowest BCUT2D eigenvalue weighted by atomic mass is 10.1. The van der Waals surface area contributed by atoms with Crippen LogP contribution in [-0.4, -0.2) is 25.6 Å². The minimum atomic E-state index is -0.844. The molecule has 148 valence electrons. The number of hydrogen-bond acceptors (Lipinski definition) is 5. The first-order chi connectivity index (χ1) is 13.9. The summed E-state index contributed by atoms with van der Waals surface area (Å²) in [7, 11) is 0. The number of fused-ring (bicyclic) bond motifs is 1. The third-order valence-electron chi connectivity index (χ3n) is 4.37. The minimum absolute atomic E-state index is 0.367. The van der Waals surface area contributed by atoms with E-state index in [1.54, 1.807) is 23.8 Å². The van der Waals surface area contributed by atoms with Crippen LogP contribution in [0.1, 0.15) is 43.2 Å². The molecule has 29 heavy (non-hydrogen) atoms. The number of aromatic nitrogens is 2. The predicted molar refractivity (Wildman–Crippen MR) is 117 cm³/mol. The highest BCUT2D eigenvalue weighted by atomic mass is 35.5. The van der Waals surface area contributed by atoms with Crippen molar-refractivity contribution in [1.82, 2.24) is 9.55 Å². The lowest BCUT2D eigenvalue weighted by molar-refractivity contribution is 0.191. The number of aliphatic hydroxyl groups is 1. The molecular weight excluding hydrogens is 390 g/mol. The summed E-state index contributed by atoms with van der Waals surface area (Å²) in [6, 6.07) is 1.23. The summed E-state index contributed by atoms with van der Waals surface area (Å²) in [6.45, 7) is 3.39. The van der Waals surface area contributed by atoms with Crippen LogP contribution >= 0.6 is 11.6 Å². The van der Waals surface area contributed by atoms with Crippen LogP contribution in [0.25, 0.3) is 17.8 Å². The zero-order valence-corrected chi connectivity index (χ0v) is 16.8. The summed E-state index contributed by atoms with van der Waals surface area (Å²) in [6.07, 6.45) is 14.0. The summed E-state index contributed by atoms with van der Waals surface area (Å²) in [5.41, 5.74) is 2.35. The van der Waals surface area contributed by atoms with Crippen LogP contribution in [-0.2, 0) is 0 Å². The summed E-state index contributed by atoms with van der Waals surface area (Å²) < 4.78 is 1.59. The van der Waals surface area contributed by atoms with Crippen molar-refractivity contribution < 1.29 is 10.2 Å². The molecule has 2 aromatic rings. The Morgan fingerprint density at radius 2 is 2.21 bits per heavy atom. The highest BCUT2D eigenvalue weighted by molar-refractivity contribution is 6.32. The molecule has 6 nitrogen and oxygen atoms in total. The smallest absolute Gasteiger partial charge is 0.223 e. The van der Waals surface area contributed by atoms with Gasteiger partial charge in [0.15, 0.2) is 11.6 Å². The summed E-state index contributed by atoms with van der Waals surface area (Å²) in [4.78, 5) is 19.8. The number of nitrogens with zero attached hydrogens (tertiary/aromatic N) is 3. The Bertz CT molecular complexity index is 1150. The molecule has 0 aliphatic carbocycles. The van der Waals surface area contributed by atoms with Crippen molar-refractivity contribution in [2.45, 2.75) is 26.4 Å². The molecule has 1 atom stereocenters. The normalized spacial score (nSPS) is 14.3. The zero-order valence-electron chi connectivity index (χ0n) is 16.0. The largest absolute Gasteiger partial charge is 0.503 e. The van der Waals surface area contributed by atoms with Crippen LogP contribution < -0.4 is 5.43 Å². The Balaban J connectivity index is 1.71. The van der Waals surface area contributed by atoms with Gasteiger partial charge >= 0.3 is 0 Å². The molecule has 0 aromatic carbocycles.